The molecular formula is C10H14N2O2S. The lowest BCUT2D eigenvalue weighted by Crippen LogP contribution is -2.32. The molecule has 0 radical (unpaired) electrons. The summed E-state index contributed by atoms with van der Waals surface area (Å²) in [5.41, 5.74) is 0. The molecule has 0 fully saturated rings. The fourth-order valence-electron chi connectivity index (χ4n) is 1.04. The molecule has 1 aromatic heterocycles. The Morgan fingerprint density at radius 3 is 3.00 bits per heavy atom. The zero-order valence-corrected chi connectivity index (χ0v) is 9.33. The van der Waals surface area contributed by atoms with Crippen molar-refractivity contribution in [2.45, 2.75) is 13.0 Å². The van der Waals surface area contributed by atoms with Gasteiger partial charge in [0, 0.05) is 11.9 Å². The summed E-state index contributed by atoms with van der Waals surface area (Å²) in [4.78, 5) is 14.9. The molecule has 0 aliphatic carbocycles. The lowest BCUT2D eigenvalue weighted by Gasteiger charge is -2.13. The highest BCUT2D eigenvalue weighted by Crippen LogP contribution is 2.08. The average molecular weight is 226 g/mol. The minimum absolute atomic E-state index is 0.544. The van der Waals surface area contributed by atoms with Crippen LogP contribution in [0.4, 0.5) is 5.82 Å². The molecule has 1 aromatic rings. The van der Waals surface area contributed by atoms with Gasteiger partial charge in [0.1, 0.15) is 11.9 Å². The van der Waals surface area contributed by atoms with Crippen molar-refractivity contribution in [2.75, 3.05) is 16.8 Å². The number of hydrogen-bond donors (Lipinski definition) is 2. The Morgan fingerprint density at radius 2 is 2.47 bits per heavy atom. The van der Waals surface area contributed by atoms with Gasteiger partial charge in [0.15, 0.2) is 0 Å². The average Bonchev–Trinajstić information content (AvgIpc) is 2.25. The zero-order chi connectivity index (χ0) is 11.1. The predicted molar refractivity (Wildman–Crippen MR) is 62.3 cm³/mol. The topological polar surface area (TPSA) is 62.2 Å². The van der Waals surface area contributed by atoms with E-state index in [1.165, 1.54) is 0 Å². The minimum Gasteiger partial charge on any atom is -0.480 e. The summed E-state index contributed by atoms with van der Waals surface area (Å²) < 4.78 is 0. The largest absolute Gasteiger partial charge is 0.480 e. The van der Waals surface area contributed by atoms with Crippen molar-refractivity contribution in [1.82, 2.24) is 4.98 Å². The molecule has 0 spiro atoms. The molecule has 0 bridgehead atoms. The Hall–Kier alpha value is -1.23. The summed E-state index contributed by atoms with van der Waals surface area (Å²) in [5, 5.41) is 11.8. The van der Waals surface area contributed by atoms with Crippen molar-refractivity contribution < 1.29 is 9.90 Å². The molecule has 0 aromatic carbocycles. The second-order valence-corrected chi connectivity index (χ2v) is 4.23. The number of carbonyl (C=O) groups is 1. The molecule has 1 atom stereocenters. The lowest BCUT2D eigenvalue weighted by atomic mass is 10.3. The van der Waals surface area contributed by atoms with E-state index in [0.717, 1.165) is 5.75 Å². The predicted octanol–water partition coefficient (Wildman–Crippen LogP) is 1.70. The standard InChI is InChI=1S/C10H14N2O2S/c1-2-15-7-8(10(13)14)12-9-5-3-4-6-11-9/h3-6,8H,2,7H2,1H3,(H,11,12)(H,13,14)/t8-/m0/s1. The molecule has 82 valence electrons. The number of nitrogens with zero attached hydrogens (tertiary/aromatic N) is 1. The molecular weight excluding hydrogens is 212 g/mol. The van der Waals surface area contributed by atoms with Crippen LogP contribution in [0.25, 0.3) is 0 Å². The van der Waals surface area contributed by atoms with E-state index in [-0.39, 0.29) is 0 Å². The van der Waals surface area contributed by atoms with Gasteiger partial charge in [-0.15, -0.1) is 0 Å². The van der Waals surface area contributed by atoms with E-state index in [9.17, 15) is 4.79 Å². The summed E-state index contributed by atoms with van der Waals surface area (Å²) in [5.74, 6) is 1.21. The van der Waals surface area contributed by atoms with Crippen molar-refractivity contribution in [1.29, 1.82) is 0 Å². The number of carboxylic acids is 1. The molecule has 0 saturated carbocycles. The van der Waals surface area contributed by atoms with Crippen molar-refractivity contribution in [2.24, 2.45) is 0 Å². The quantitative estimate of drug-likeness (QED) is 0.773. The third kappa shape index (κ3) is 4.20. The molecule has 4 nitrogen and oxygen atoms in total. The van der Waals surface area contributed by atoms with Crippen molar-refractivity contribution in [3.05, 3.63) is 24.4 Å². The zero-order valence-electron chi connectivity index (χ0n) is 8.51. The van der Waals surface area contributed by atoms with Crippen LogP contribution in [-0.4, -0.2) is 33.6 Å². The number of aliphatic carboxylic acids is 1. The van der Waals surface area contributed by atoms with Gasteiger partial charge < -0.3 is 10.4 Å². The van der Waals surface area contributed by atoms with E-state index in [1.807, 2.05) is 13.0 Å². The van der Waals surface area contributed by atoms with Crippen molar-refractivity contribution >= 4 is 23.5 Å². The summed E-state index contributed by atoms with van der Waals surface area (Å²) in [6, 6.07) is 4.79. The van der Waals surface area contributed by atoms with E-state index in [1.54, 1.807) is 30.1 Å². The first kappa shape index (κ1) is 11.8. The maximum Gasteiger partial charge on any atom is 0.327 e. The fourth-order valence-corrected chi connectivity index (χ4v) is 1.73. The van der Waals surface area contributed by atoms with Gasteiger partial charge >= 0.3 is 5.97 Å². The van der Waals surface area contributed by atoms with Crippen molar-refractivity contribution in [3.8, 4) is 0 Å². The van der Waals surface area contributed by atoms with Crippen LogP contribution in [0.1, 0.15) is 6.92 Å². The summed E-state index contributed by atoms with van der Waals surface area (Å²) in [7, 11) is 0. The Bertz CT molecular complexity index is 306. The summed E-state index contributed by atoms with van der Waals surface area (Å²) in [6.45, 7) is 2.00. The maximum atomic E-state index is 10.9. The van der Waals surface area contributed by atoms with Crippen LogP contribution >= 0.6 is 11.8 Å². The molecule has 1 rings (SSSR count). The molecule has 0 aliphatic heterocycles. The molecule has 0 saturated heterocycles. The molecule has 0 amide bonds. The Kier molecular flexibility index (Phi) is 4.97. The number of anilines is 1. The van der Waals surface area contributed by atoms with Crippen LogP contribution in [0.5, 0.6) is 0 Å². The smallest absolute Gasteiger partial charge is 0.327 e. The van der Waals surface area contributed by atoms with E-state index >= 15 is 0 Å². The first-order valence-electron chi connectivity index (χ1n) is 4.72. The molecule has 1 heterocycles. The third-order valence-corrected chi connectivity index (χ3v) is 2.75. The number of rotatable bonds is 6. The van der Waals surface area contributed by atoms with Crippen molar-refractivity contribution in [3.63, 3.8) is 0 Å². The van der Waals surface area contributed by atoms with Gasteiger partial charge in [-0.3, -0.25) is 0 Å². The van der Waals surface area contributed by atoms with E-state index in [0.29, 0.717) is 11.6 Å². The monoisotopic (exact) mass is 226 g/mol. The van der Waals surface area contributed by atoms with Crippen LogP contribution in [0, 0.1) is 0 Å². The first-order chi connectivity index (χ1) is 7.24. The first-order valence-corrected chi connectivity index (χ1v) is 5.87. The van der Waals surface area contributed by atoms with Gasteiger partial charge in [0.2, 0.25) is 0 Å². The molecule has 0 aliphatic rings. The van der Waals surface area contributed by atoms with Gasteiger partial charge in [0.25, 0.3) is 0 Å². The third-order valence-electron chi connectivity index (χ3n) is 1.77. The highest BCUT2D eigenvalue weighted by atomic mass is 32.2. The van der Waals surface area contributed by atoms with Crippen LogP contribution in [0.15, 0.2) is 24.4 Å². The van der Waals surface area contributed by atoms with E-state index < -0.39 is 12.0 Å². The van der Waals surface area contributed by atoms with Crippen LogP contribution < -0.4 is 5.32 Å². The number of hydrogen-bond acceptors (Lipinski definition) is 4. The second kappa shape index (κ2) is 6.29. The molecule has 0 unspecified atom stereocenters. The van der Waals surface area contributed by atoms with Crippen LogP contribution in [-0.2, 0) is 4.79 Å². The maximum absolute atomic E-state index is 10.9. The number of aromatic nitrogens is 1. The van der Waals surface area contributed by atoms with Gasteiger partial charge in [-0.1, -0.05) is 13.0 Å². The fraction of sp³-hybridized carbons (Fsp3) is 0.400. The van der Waals surface area contributed by atoms with Gasteiger partial charge in [-0.05, 0) is 17.9 Å². The highest BCUT2D eigenvalue weighted by molar-refractivity contribution is 7.99. The number of nitrogens with one attached hydrogen (secondary N) is 1. The summed E-state index contributed by atoms with van der Waals surface area (Å²) >= 11 is 1.59. The Morgan fingerprint density at radius 1 is 1.67 bits per heavy atom. The number of thioether (sulfide) groups is 1. The van der Waals surface area contributed by atoms with Gasteiger partial charge in [0.05, 0.1) is 0 Å². The van der Waals surface area contributed by atoms with Crippen LogP contribution in [0.3, 0.4) is 0 Å². The van der Waals surface area contributed by atoms with E-state index in [4.69, 9.17) is 5.11 Å². The van der Waals surface area contributed by atoms with E-state index in [2.05, 4.69) is 10.3 Å². The SMILES string of the molecule is CCSC[C@H](Nc1ccccn1)C(=O)O. The van der Waals surface area contributed by atoms with Crippen LogP contribution in [0.2, 0.25) is 0 Å². The molecule has 5 heteroatoms. The Labute approximate surface area is 93.1 Å². The van der Waals surface area contributed by atoms with Gasteiger partial charge in [-0.2, -0.15) is 11.8 Å². The number of pyridine rings is 1. The highest BCUT2D eigenvalue weighted by Gasteiger charge is 2.16. The normalized spacial score (nSPS) is 12.1. The lowest BCUT2D eigenvalue weighted by molar-refractivity contribution is -0.137. The second-order valence-electron chi connectivity index (χ2n) is 2.91. The minimum atomic E-state index is -0.846. The number of carboxylic acid groups (broad SMARTS) is 1. The molecule has 2 N–H and O–H groups in total. The van der Waals surface area contributed by atoms with Gasteiger partial charge in [-0.25, -0.2) is 9.78 Å². The Balaban J connectivity index is 2.55. The molecule has 15 heavy (non-hydrogen) atoms. The summed E-state index contributed by atoms with van der Waals surface area (Å²) in [6.07, 6.45) is 1.63.